The Kier molecular flexibility index (Phi) is 5.82. The average molecular weight is 447 g/mol. The van der Waals surface area contributed by atoms with Gasteiger partial charge in [0.1, 0.15) is 5.69 Å². The highest BCUT2D eigenvalue weighted by Gasteiger charge is 2.19. The molecule has 0 aliphatic rings. The van der Waals surface area contributed by atoms with E-state index in [4.69, 9.17) is 4.52 Å². The summed E-state index contributed by atoms with van der Waals surface area (Å²) >= 11 is 0. The zero-order valence-corrected chi connectivity index (χ0v) is 17.4. The van der Waals surface area contributed by atoms with Crippen molar-refractivity contribution in [3.63, 3.8) is 0 Å². The molecule has 4 aromatic rings. The van der Waals surface area contributed by atoms with E-state index in [1.54, 1.807) is 18.2 Å². The molecule has 2 amide bonds. The predicted octanol–water partition coefficient (Wildman–Crippen LogP) is 3.71. The Morgan fingerprint density at radius 1 is 0.750 bits per heavy atom. The number of amides is 2. The normalized spacial score (nSPS) is 11.0. The lowest BCUT2D eigenvalue weighted by molar-refractivity contribution is 0.0978. The standard InChI is InChI=1S/C23H17N3O5S/c27-22(25-20-15-24-31-21(20)16-7-3-1-4-8-16)17-11-13-18(14-12-17)23(28)26-32(29,30)19-9-5-2-6-10-19/h1-15H,(H,25,27)(H,26,28). The van der Waals surface area contributed by atoms with Gasteiger partial charge in [0.2, 0.25) is 0 Å². The first-order chi connectivity index (χ1) is 15.4. The summed E-state index contributed by atoms with van der Waals surface area (Å²) in [4.78, 5) is 25.0. The maximum atomic E-state index is 12.6. The molecule has 0 radical (unpaired) electrons. The summed E-state index contributed by atoms with van der Waals surface area (Å²) < 4.78 is 31.9. The molecule has 0 unspecified atom stereocenters. The molecule has 0 saturated heterocycles. The van der Waals surface area contributed by atoms with Gasteiger partial charge < -0.3 is 9.84 Å². The van der Waals surface area contributed by atoms with Gasteiger partial charge in [-0.05, 0) is 36.4 Å². The van der Waals surface area contributed by atoms with E-state index in [-0.39, 0.29) is 16.0 Å². The van der Waals surface area contributed by atoms with Crippen LogP contribution in [0.1, 0.15) is 20.7 Å². The van der Waals surface area contributed by atoms with Crippen LogP contribution in [0, 0.1) is 0 Å². The molecule has 0 aliphatic heterocycles. The van der Waals surface area contributed by atoms with E-state index in [1.807, 2.05) is 35.1 Å². The molecular weight excluding hydrogens is 430 g/mol. The van der Waals surface area contributed by atoms with Crippen molar-refractivity contribution in [2.75, 3.05) is 5.32 Å². The van der Waals surface area contributed by atoms with Crippen LogP contribution in [0.15, 0.2) is 101 Å². The van der Waals surface area contributed by atoms with Crippen molar-refractivity contribution < 1.29 is 22.5 Å². The Morgan fingerprint density at radius 2 is 1.31 bits per heavy atom. The fourth-order valence-corrected chi connectivity index (χ4v) is 3.93. The lowest BCUT2D eigenvalue weighted by Gasteiger charge is -2.08. The SMILES string of the molecule is O=C(Nc1cnoc1-c1ccccc1)c1ccc(C(=O)NS(=O)(=O)c2ccccc2)cc1. The molecule has 0 bridgehead atoms. The molecular formula is C23H17N3O5S. The van der Waals surface area contributed by atoms with Crippen molar-refractivity contribution in [3.05, 3.63) is 102 Å². The van der Waals surface area contributed by atoms with Crippen LogP contribution in [-0.4, -0.2) is 25.4 Å². The molecule has 160 valence electrons. The van der Waals surface area contributed by atoms with Crippen molar-refractivity contribution in [2.24, 2.45) is 0 Å². The quantitative estimate of drug-likeness (QED) is 0.465. The Bertz CT molecular complexity index is 1350. The first-order valence-electron chi connectivity index (χ1n) is 9.48. The van der Waals surface area contributed by atoms with Gasteiger partial charge in [-0.2, -0.15) is 0 Å². The van der Waals surface area contributed by atoms with Crippen molar-refractivity contribution in [1.29, 1.82) is 0 Å². The van der Waals surface area contributed by atoms with E-state index in [0.717, 1.165) is 5.56 Å². The zero-order valence-electron chi connectivity index (χ0n) is 16.6. The van der Waals surface area contributed by atoms with Gasteiger partial charge in [-0.1, -0.05) is 53.7 Å². The molecule has 1 aromatic heterocycles. The highest BCUT2D eigenvalue weighted by Crippen LogP contribution is 2.27. The summed E-state index contributed by atoms with van der Waals surface area (Å²) in [6, 6.07) is 22.4. The van der Waals surface area contributed by atoms with Crippen LogP contribution in [0.4, 0.5) is 5.69 Å². The average Bonchev–Trinajstić information content (AvgIpc) is 3.28. The number of rotatable bonds is 6. The summed E-state index contributed by atoms with van der Waals surface area (Å²) in [7, 11) is -4.00. The van der Waals surface area contributed by atoms with Gasteiger partial charge >= 0.3 is 0 Å². The molecule has 2 N–H and O–H groups in total. The van der Waals surface area contributed by atoms with Crippen molar-refractivity contribution >= 4 is 27.5 Å². The minimum absolute atomic E-state index is 0.0210. The summed E-state index contributed by atoms with van der Waals surface area (Å²) in [5.74, 6) is -0.818. The highest BCUT2D eigenvalue weighted by atomic mass is 32.2. The molecule has 8 nitrogen and oxygen atoms in total. The number of carbonyl (C=O) groups excluding carboxylic acids is 2. The van der Waals surface area contributed by atoms with Gasteiger partial charge in [0.25, 0.3) is 21.8 Å². The Hall–Kier alpha value is -4.24. The molecule has 0 spiro atoms. The third-order valence-electron chi connectivity index (χ3n) is 4.54. The minimum atomic E-state index is -4.00. The van der Waals surface area contributed by atoms with Gasteiger partial charge in [-0.25, -0.2) is 13.1 Å². The molecule has 32 heavy (non-hydrogen) atoms. The Morgan fingerprint density at radius 3 is 1.94 bits per heavy atom. The maximum absolute atomic E-state index is 12.6. The Balaban J connectivity index is 1.46. The maximum Gasteiger partial charge on any atom is 0.264 e. The second-order valence-corrected chi connectivity index (χ2v) is 8.40. The van der Waals surface area contributed by atoms with Gasteiger partial charge in [-0.3, -0.25) is 9.59 Å². The molecule has 1 heterocycles. The second kappa shape index (κ2) is 8.86. The molecule has 0 aliphatic carbocycles. The van der Waals surface area contributed by atoms with E-state index < -0.39 is 21.8 Å². The van der Waals surface area contributed by atoms with E-state index in [1.165, 1.54) is 42.6 Å². The van der Waals surface area contributed by atoms with Crippen LogP contribution >= 0.6 is 0 Å². The van der Waals surface area contributed by atoms with Crippen LogP contribution in [-0.2, 0) is 10.0 Å². The minimum Gasteiger partial charge on any atom is -0.354 e. The lowest BCUT2D eigenvalue weighted by Crippen LogP contribution is -2.30. The number of benzene rings is 3. The van der Waals surface area contributed by atoms with Gasteiger partial charge in [0.05, 0.1) is 11.1 Å². The summed E-state index contributed by atoms with van der Waals surface area (Å²) in [5, 5.41) is 6.46. The zero-order chi connectivity index (χ0) is 22.6. The van der Waals surface area contributed by atoms with Crippen molar-refractivity contribution in [3.8, 4) is 11.3 Å². The van der Waals surface area contributed by atoms with Crippen LogP contribution < -0.4 is 10.0 Å². The van der Waals surface area contributed by atoms with Gasteiger partial charge in [0.15, 0.2) is 5.76 Å². The monoisotopic (exact) mass is 447 g/mol. The predicted molar refractivity (Wildman–Crippen MR) is 117 cm³/mol. The summed E-state index contributed by atoms with van der Waals surface area (Å²) in [5.41, 5.74) is 1.52. The smallest absolute Gasteiger partial charge is 0.264 e. The number of aromatic nitrogens is 1. The highest BCUT2D eigenvalue weighted by molar-refractivity contribution is 7.90. The van der Waals surface area contributed by atoms with E-state index in [0.29, 0.717) is 11.4 Å². The van der Waals surface area contributed by atoms with Gasteiger partial charge in [0, 0.05) is 16.7 Å². The van der Waals surface area contributed by atoms with Gasteiger partial charge in [-0.15, -0.1) is 0 Å². The van der Waals surface area contributed by atoms with Crippen LogP contribution in [0.25, 0.3) is 11.3 Å². The number of hydrogen-bond donors (Lipinski definition) is 2. The van der Waals surface area contributed by atoms with E-state index >= 15 is 0 Å². The van der Waals surface area contributed by atoms with E-state index in [2.05, 4.69) is 10.5 Å². The molecule has 4 rings (SSSR count). The largest absolute Gasteiger partial charge is 0.354 e. The topological polar surface area (TPSA) is 118 Å². The number of nitrogens with zero attached hydrogens (tertiary/aromatic N) is 1. The molecule has 0 saturated carbocycles. The number of anilines is 1. The van der Waals surface area contributed by atoms with Crippen LogP contribution in [0.3, 0.4) is 0 Å². The molecule has 9 heteroatoms. The first-order valence-corrected chi connectivity index (χ1v) is 11.0. The fraction of sp³-hybridized carbons (Fsp3) is 0. The third-order valence-corrected chi connectivity index (χ3v) is 5.89. The molecule has 0 fully saturated rings. The first kappa shape index (κ1) is 21.0. The van der Waals surface area contributed by atoms with Crippen LogP contribution in [0.2, 0.25) is 0 Å². The fourth-order valence-electron chi connectivity index (χ4n) is 2.93. The van der Waals surface area contributed by atoms with E-state index in [9.17, 15) is 18.0 Å². The Labute approximate surface area is 183 Å². The third kappa shape index (κ3) is 4.57. The van der Waals surface area contributed by atoms with Crippen LogP contribution in [0.5, 0.6) is 0 Å². The number of hydrogen-bond acceptors (Lipinski definition) is 6. The number of sulfonamides is 1. The second-order valence-electron chi connectivity index (χ2n) is 6.71. The number of carbonyl (C=O) groups is 2. The van der Waals surface area contributed by atoms with Crippen molar-refractivity contribution in [2.45, 2.75) is 4.90 Å². The van der Waals surface area contributed by atoms with Crippen molar-refractivity contribution in [1.82, 2.24) is 9.88 Å². The summed E-state index contributed by atoms with van der Waals surface area (Å²) in [6.45, 7) is 0. The lowest BCUT2D eigenvalue weighted by atomic mass is 10.1. The molecule has 3 aromatic carbocycles. The molecule has 0 atom stereocenters. The summed E-state index contributed by atoms with van der Waals surface area (Å²) in [6.07, 6.45) is 1.40. The number of nitrogens with one attached hydrogen (secondary N) is 2.